The first kappa shape index (κ1) is 14.1. The molecule has 3 heterocycles. The van der Waals surface area contributed by atoms with Gasteiger partial charge in [0.05, 0.1) is 0 Å². The van der Waals surface area contributed by atoms with Crippen molar-refractivity contribution in [2.45, 2.75) is 19.9 Å². The van der Waals surface area contributed by atoms with Gasteiger partial charge in [0.1, 0.15) is 25.2 Å². The summed E-state index contributed by atoms with van der Waals surface area (Å²) in [6.07, 6.45) is 2.90. The second-order valence-corrected chi connectivity index (χ2v) is 4.82. The van der Waals surface area contributed by atoms with E-state index < -0.39 is 5.91 Å². The van der Waals surface area contributed by atoms with Gasteiger partial charge in [0.15, 0.2) is 0 Å². The van der Waals surface area contributed by atoms with Gasteiger partial charge in [-0.05, 0) is 19.9 Å². The zero-order valence-electron chi connectivity index (χ0n) is 12.1. The van der Waals surface area contributed by atoms with Gasteiger partial charge in [-0.25, -0.2) is 0 Å². The average Bonchev–Trinajstić information content (AvgIpc) is 3.16. The highest BCUT2D eigenvalue weighted by Gasteiger charge is 2.20. The molecule has 22 heavy (non-hydrogen) atoms. The number of carbonyl (C=O) groups excluding carboxylic acids is 1. The number of nitrogens with one attached hydrogen (secondary N) is 1. The first-order chi connectivity index (χ1) is 10.6. The zero-order valence-corrected chi connectivity index (χ0v) is 12.1. The summed E-state index contributed by atoms with van der Waals surface area (Å²) in [4.78, 5) is 11.9. The lowest BCUT2D eigenvalue weighted by Crippen LogP contribution is -2.21. The molecule has 0 atom stereocenters. The molecular formula is C13H15N5O4. The van der Waals surface area contributed by atoms with Crippen LogP contribution in [0.25, 0.3) is 11.6 Å². The van der Waals surface area contributed by atoms with Crippen LogP contribution in [0.4, 0.5) is 6.01 Å². The third-order valence-corrected chi connectivity index (χ3v) is 2.90. The van der Waals surface area contributed by atoms with E-state index in [4.69, 9.17) is 13.9 Å². The molecule has 1 N–H and O–H groups in total. The lowest BCUT2D eigenvalue weighted by molar-refractivity contribution is -0.117. The fourth-order valence-corrected chi connectivity index (χ4v) is 1.92. The molecule has 116 valence electrons. The van der Waals surface area contributed by atoms with Crippen LogP contribution < -0.4 is 5.32 Å². The van der Waals surface area contributed by atoms with Crippen LogP contribution in [0.2, 0.25) is 0 Å². The van der Waals surface area contributed by atoms with E-state index in [0.717, 1.165) is 0 Å². The van der Waals surface area contributed by atoms with Gasteiger partial charge in [0, 0.05) is 12.2 Å². The molecule has 3 rings (SSSR count). The number of nitrogens with zero attached hydrogens (tertiary/aromatic N) is 4. The Morgan fingerprint density at radius 3 is 2.95 bits per heavy atom. The third kappa shape index (κ3) is 2.78. The normalized spacial score (nSPS) is 14.2. The fraction of sp³-hybridized carbons (Fsp3) is 0.385. The number of aromatic nitrogens is 4. The van der Waals surface area contributed by atoms with Crippen molar-refractivity contribution in [3.8, 4) is 11.6 Å². The molecule has 0 spiro atoms. The number of rotatable bonds is 4. The SMILES string of the molecule is CC(C)n1nccc1-c1nnc(NC(=O)C2=COCCO2)o1. The van der Waals surface area contributed by atoms with Crippen molar-refractivity contribution < 1.29 is 18.7 Å². The smallest absolute Gasteiger partial charge is 0.322 e. The maximum atomic E-state index is 11.9. The number of ether oxygens (including phenoxy) is 2. The summed E-state index contributed by atoms with van der Waals surface area (Å²) < 4.78 is 17.4. The summed E-state index contributed by atoms with van der Waals surface area (Å²) in [7, 11) is 0. The number of hydrogen-bond donors (Lipinski definition) is 1. The Hall–Kier alpha value is -2.84. The highest BCUT2D eigenvalue weighted by molar-refractivity contribution is 6.00. The Kier molecular flexibility index (Phi) is 3.77. The van der Waals surface area contributed by atoms with Gasteiger partial charge in [-0.2, -0.15) is 5.10 Å². The Balaban J connectivity index is 1.75. The van der Waals surface area contributed by atoms with E-state index in [9.17, 15) is 4.79 Å². The van der Waals surface area contributed by atoms with Crippen LogP contribution in [0, 0.1) is 0 Å². The number of amides is 1. The Morgan fingerprint density at radius 1 is 1.36 bits per heavy atom. The molecule has 9 nitrogen and oxygen atoms in total. The predicted molar refractivity (Wildman–Crippen MR) is 74.5 cm³/mol. The Bertz CT molecular complexity index is 703. The van der Waals surface area contributed by atoms with Crippen molar-refractivity contribution in [1.29, 1.82) is 0 Å². The van der Waals surface area contributed by atoms with E-state index in [0.29, 0.717) is 18.9 Å². The van der Waals surface area contributed by atoms with Crippen molar-refractivity contribution >= 4 is 11.9 Å². The van der Waals surface area contributed by atoms with Crippen LogP contribution in [0.3, 0.4) is 0 Å². The molecule has 0 saturated heterocycles. The Labute approximate surface area is 125 Å². The highest BCUT2D eigenvalue weighted by Crippen LogP contribution is 2.22. The molecule has 0 aliphatic carbocycles. The summed E-state index contributed by atoms with van der Waals surface area (Å²) >= 11 is 0. The van der Waals surface area contributed by atoms with E-state index in [2.05, 4.69) is 20.6 Å². The first-order valence-corrected chi connectivity index (χ1v) is 6.78. The van der Waals surface area contributed by atoms with Crippen LogP contribution in [-0.4, -0.2) is 39.1 Å². The van der Waals surface area contributed by atoms with E-state index in [1.165, 1.54) is 6.26 Å². The molecule has 0 aromatic carbocycles. The van der Waals surface area contributed by atoms with Crippen LogP contribution >= 0.6 is 0 Å². The van der Waals surface area contributed by atoms with Crippen LogP contribution in [0.1, 0.15) is 19.9 Å². The maximum Gasteiger partial charge on any atom is 0.322 e. The van der Waals surface area contributed by atoms with Crippen molar-refractivity contribution in [1.82, 2.24) is 20.0 Å². The molecule has 9 heteroatoms. The van der Waals surface area contributed by atoms with Gasteiger partial charge in [-0.15, -0.1) is 5.10 Å². The van der Waals surface area contributed by atoms with E-state index in [1.807, 2.05) is 13.8 Å². The summed E-state index contributed by atoms with van der Waals surface area (Å²) in [5, 5.41) is 14.4. The highest BCUT2D eigenvalue weighted by atomic mass is 16.6. The van der Waals surface area contributed by atoms with Gasteiger partial charge in [0.2, 0.25) is 5.76 Å². The molecule has 0 fully saturated rings. The quantitative estimate of drug-likeness (QED) is 0.908. The first-order valence-electron chi connectivity index (χ1n) is 6.78. The van der Waals surface area contributed by atoms with Crippen LogP contribution in [-0.2, 0) is 14.3 Å². The molecule has 2 aromatic heterocycles. The number of anilines is 1. The van der Waals surface area contributed by atoms with Gasteiger partial charge in [-0.1, -0.05) is 5.10 Å². The second-order valence-electron chi connectivity index (χ2n) is 4.82. The number of hydrogen-bond acceptors (Lipinski definition) is 7. The topological polar surface area (TPSA) is 104 Å². The van der Waals surface area contributed by atoms with Crippen molar-refractivity contribution in [2.24, 2.45) is 0 Å². The minimum Gasteiger partial charge on any atom is -0.494 e. The number of carbonyl (C=O) groups is 1. The minimum absolute atomic E-state index is 0.0217. The molecule has 1 amide bonds. The third-order valence-electron chi connectivity index (χ3n) is 2.90. The van der Waals surface area contributed by atoms with E-state index in [-0.39, 0.29) is 23.7 Å². The van der Waals surface area contributed by atoms with Crippen molar-refractivity contribution in [3.05, 3.63) is 24.3 Å². The van der Waals surface area contributed by atoms with Crippen LogP contribution in [0.15, 0.2) is 28.7 Å². The maximum absolute atomic E-state index is 11.9. The monoisotopic (exact) mass is 305 g/mol. The van der Waals surface area contributed by atoms with Crippen molar-refractivity contribution in [3.63, 3.8) is 0 Å². The fourth-order valence-electron chi connectivity index (χ4n) is 1.92. The summed E-state index contributed by atoms with van der Waals surface area (Å²) in [6, 6.07) is 1.89. The summed E-state index contributed by atoms with van der Waals surface area (Å²) in [5.74, 6) is -0.165. The average molecular weight is 305 g/mol. The van der Waals surface area contributed by atoms with Gasteiger partial charge in [0.25, 0.3) is 11.8 Å². The van der Waals surface area contributed by atoms with Gasteiger partial charge in [-0.3, -0.25) is 14.8 Å². The minimum atomic E-state index is -0.507. The Morgan fingerprint density at radius 2 is 2.23 bits per heavy atom. The second kappa shape index (κ2) is 5.88. The molecule has 0 unspecified atom stereocenters. The van der Waals surface area contributed by atoms with Crippen molar-refractivity contribution in [2.75, 3.05) is 18.5 Å². The molecule has 0 saturated carbocycles. The lowest BCUT2D eigenvalue weighted by atomic mass is 10.3. The van der Waals surface area contributed by atoms with Gasteiger partial charge < -0.3 is 13.9 Å². The summed E-state index contributed by atoms with van der Waals surface area (Å²) in [5.41, 5.74) is 0.680. The largest absolute Gasteiger partial charge is 0.494 e. The molecule has 2 aromatic rings. The molecule has 1 aliphatic rings. The van der Waals surface area contributed by atoms with E-state index >= 15 is 0 Å². The molecular weight excluding hydrogens is 290 g/mol. The summed E-state index contributed by atoms with van der Waals surface area (Å²) in [6.45, 7) is 4.72. The van der Waals surface area contributed by atoms with E-state index in [1.54, 1.807) is 16.9 Å². The standard InChI is InChI=1S/C13H15N5O4/c1-8(2)18-9(3-4-14-18)12-16-17-13(22-12)15-11(19)10-7-20-5-6-21-10/h3-4,7-8H,5-6H2,1-2H3,(H,15,17,19). The van der Waals surface area contributed by atoms with Crippen LogP contribution in [0.5, 0.6) is 0 Å². The molecule has 0 radical (unpaired) electrons. The zero-order chi connectivity index (χ0) is 15.5. The molecule has 1 aliphatic heterocycles. The lowest BCUT2D eigenvalue weighted by Gasteiger charge is -2.13. The van der Waals surface area contributed by atoms with Gasteiger partial charge >= 0.3 is 6.01 Å². The predicted octanol–water partition coefficient (Wildman–Crippen LogP) is 1.34. The molecule has 0 bridgehead atoms.